The van der Waals surface area contributed by atoms with Crippen molar-refractivity contribution in [3.8, 4) is 0 Å². The molecule has 2 rings (SSSR count). The van der Waals surface area contributed by atoms with Crippen LogP contribution in [0.2, 0.25) is 0 Å². The molecule has 0 saturated heterocycles. The number of hydrogen-bond acceptors (Lipinski definition) is 1. The van der Waals surface area contributed by atoms with Gasteiger partial charge in [0.2, 0.25) is 0 Å². The Bertz CT molecular complexity index is 315. The average molecular weight is 203 g/mol. The molecule has 1 aromatic carbocycles. The second-order valence-corrected chi connectivity index (χ2v) is 4.51. The highest BCUT2D eigenvalue weighted by Crippen LogP contribution is 2.36. The molecule has 0 bridgehead atoms. The molecule has 0 aromatic heterocycles. The van der Waals surface area contributed by atoms with Crippen molar-refractivity contribution in [1.29, 1.82) is 0 Å². The minimum absolute atomic E-state index is 0.692. The molecular formula is C14H21N. The number of anilines is 1. The van der Waals surface area contributed by atoms with Crippen molar-refractivity contribution in [3.05, 3.63) is 29.8 Å². The zero-order valence-corrected chi connectivity index (χ0v) is 9.79. The van der Waals surface area contributed by atoms with Gasteiger partial charge in [0.25, 0.3) is 0 Å². The van der Waals surface area contributed by atoms with E-state index in [1.807, 2.05) is 0 Å². The topological polar surface area (TPSA) is 12.0 Å². The van der Waals surface area contributed by atoms with Crippen LogP contribution < -0.4 is 5.32 Å². The summed E-state index contributed by atoms with van der Waals surface area (Å²) in [5.74, 6) is 0.930. The van der Waals surface area contributed by atoms with Crippen molar-refractivity contribution in [2.45, 2.75) is 45.6 Å². The molecule has 1 unspecified atom stereocenters. The van der Waals surface area contributed by atoms with Crippen LogP contribution in [0.15, 0.2) is 24.3 Å². The van der Waals surface area contributed by atoms with Crippen LogP contribution in [0.1, 0.15) is 38.7 Å². The molecule has 1 saturated carbocycles. The van der Waals surface area contributed by atoms with E-state index >= 15 is 0 Å². The highest BCUT2D eigenvalue weighted by Gasteiger charge is 2.29. The lowest BCUT2D eigenvalue weighted by molar-refractivity contribution is 0.616. The fourth-order valence-electron chi connectivity index (χ4n) is 2.22. The molecule has 0 radical (unpaired) electrons. The van der Waals surface area contributed by atoms with Crippen LogP contribution in [-0.2, 0) is 6.42 Å². The van der Waals surface area contributed by atoms with Crippen molar-refractivity contribution in [3.63, 3.8) is 0 Å². The zero-order valence-electron chi connectivity index (χ0n) is 9.79. The Labute approximate surface area is 92.9 Å². The van der Waals surface area contributed by atoms with E-state index in [1.54, 1.807) is 0 Å². The molecule has 82 valence electrons. The third kappa shape index (κ3) is 2.53. The third-order valence-corrected chi connectivity index (χ3v) is 3.37. The van der Waals surface area contributed by atoms with Gasteiger partial charge in [-0.1, -0.05) is 32.0 Å². The van der Waals surface area contributed by atoms with E-state index in [0.717, 1.165) is 12.3 Å². The zero-order chi connectivity index (χ0) is 10.7. The van der Waals surface area contributed by atoms with Gasteiger partial charge in [0.1, 0.15) is 0 Å². The number of benzene rings is 1. The van der Waals surface area contributed by atoms with Gasteiger partial charge in [-0.15, -0.1) is 0 Å². The maximum atomic E-state index is 3.71. The van der Waals surface area contributed by atoms with Crippen LogP contribution in [0.25, 0.3) is 0 Å². The molecule has 1 aromatic rings. The summed E-state index contributed by atoms with van der Waals surface area (Å²) < 4.78 is 0. The Morgan fingerprint density at radius 2 is 2.00 bits per heavy atom. The molecule has 1 aliphatic carbocycles. The van der Waals surface area contributed by atoms with Crippen molar-refractivity contribution < 1.29 is 0 Å². The Hall–Kier alpha value is -0.980. The van der Waals surface area contributed by atoms with Crippen molar-refractivity contribution in [2.75, 3.05) is 5.32 Å². The van der Waals surface area contributed by atoms with E-state index in [0.29, 0.717) is 6.04 Å². The fraction of sp³-hybridized carbons (Fsp3) is 0.571. The summed E-state index contributed by atoms with van der Waals surface area (Å²) in [4.78, 5) is 0. The molecule has 1 atom stereocenters. The second-order valence-electron chi connectivity index (χ2n) is 4.51. The SMILES string of the molecule is CCc1ccccc1NC(CC)C1CC1. The Morgan fingerprint density at radius 3 is 2.60 bits per heavy atom. The number of nitrogens with one attached hydrogen (secondary N) is 1. The summed E-state index contributed by atoms with van der Waals surface area (Å²) in [6.45, 7) is 4.50. The summed E-state index contributed by atoms with van der Waals surface area (Å²) in [5.41, 5.74) is 2.79. The van der Waals surface area contributed by atoms with E-state index in [4.69, 9.17) is 0 Å². The quantitative estimate of drug-likeness (QED) is 0.766. The predicted molar refractivity (Wildman–Crippen MR) is 66.2 cm³/mol. The molecule has 0 heterocycles. The first-order chi connectivity index (χ1) is 7.35. The summed E-state index contributed by atoms with van der Waals surface area (Å²) >= 11 is 0. The number of para-hydroxylation sites is 1. The van der Waals surface area contributed by atoms with Crippen LogP contribution in [0.5, 0.6) is 0 Å². The molecule has 0 aliphatic heterocycles. The smallest absolute Gasteiger partial charge is 0.0374 e. The lowest BCUT2D eigenvalue weighted by atomic mass is 10.1. The van der Waals surface area contributed by atoms with Gasteiger partial charge in [-0.05, 0) is 43.2 Å². The largest absolute Gasteiger partial charge is 0.382 e. The van der Waals surface area contributed by atoms with Crippen LogP contribution in [0.4, 0.5) is 5.69 Å². The van der Waals surface area contributed by atoms with Crippen LogP contribution in [0, 0.1) is 5.92 Å². The van der Waals surface area contributed by atoms with Gasteiger partial charge in [-0.2, -0.15) is 0 Å². The van der Waals surface area contributed by atoms with E-state index in [2.05, 4.69) is 43.4 Å². The van der Waals surface area contributed by atoms with Gasteiger partial charge >= 0.3 is 0 Å². The first kappa shape index (κ1) is 10.5. The summed E-state index contributed by atoms with van der Waals surface area (Å²) in [6, 6.07) is 9.38. The Balaban J connectivity index is 2.07. The predicted octanol–water partition coefficient (Wildman–Crippen LogP) is 3.85. The highest BCUT2D eigenvalue weighted by molar-refractivity contribution is 5.52. The number of aryl methyl sites for hydroxylation is 1. The maximum Gasteiger partial charge on any atom is 0.0374 e. The van der Waals surface area contributed by atoms with Crippen molar-refractivity contribution in [2.24, 2.45) is 5.92 Å². The Kier molecular flexibility index (Phi) is 3.30. The number of rotatable bonds is 5. The van der Waals surface area contributed by atoms with Crippen molar-refractivity contribution in [1.82, 2.24) is 0 Å². The first-order valence-electron chi connectivity index (χ1n) is 6.19. The molecule has 1 heteroatoms. The molecule has 1 nitrogen and oxygen atoms in total. The first-order valence-corrected chi connectivity index (χ1v) is 6.19. The monoisotopic (exact) mass is 203 g/mol. The average Bonchev–Trinajstić information content (AvgIpc) is 3.10. The molecule has 15 heavy (non-hydrogen) atoms. The molecule has 1 N–H and O–H groups in total. The van der Waals surface area contributed by atoms with E-state index < -0.39 is 0 Å². The third-order valence-electron chi connectivity index (χ3n) is 3.37. The fourth-order valence-corrected chi connectivity index (χ4v) is 2.22. The summed E-state index contributed by atoms with van der Waals surface area (Å²) in [7, 11) is 0. The van der Waals surface area contributed by atoms with E-state index in [9.17, 15) is 0 Å². The molecule has 0 amide bonds. The lowest BCUT2D eigenvalue weighted by Gasteiger charge is -2.19. The molecule has 1 fully saturated rings. The highest BCUT2D eigenvalue weighted by atomic mass is 14.9. The normalized spacial score (nSPS) is 17.5. The Morgan fingerprint density at radius 1 is 1.27 bits per heavy atom. The number of hydrogen-bond donors (Lipinski definition) is 1. The van der Waals surface area contributed by atoms with Gasteiger partial charge in [0, 0.05) is 11.7 Å². The molecular weight excluding hydrogens is 182 g/mol. The van der Waals surface area contributed by atoms with Gasteiger partial charge < -0.3 is 5.32 Å². The van der Waals surface area contributed by atoms with Crippen molar-refractivity contribution >= 4 is 5.69 Å². The maximum absolute atomic E-state index is 3.71. The minimum atomic E-state index is 0.692. The standard InChI is InChI=1S/C14H21N/c1-3-11-7-5-6-8-14(11)15-13(4-2)12-9-10-12/h5-8,12-13,15H,3-4,9-10H2,1-2H3. The van der Waals surface area contributed by atoms with E-state index in [1.165, 1.54) is 30.5 Å². The molecule has 1 aliphatic rings. The van der Waals surface area contributed by atoms with Crippen LogP contribution in [0.3, 0.4) is 0 Å². The van der Waals surface area contributed by atoms with E-state index in [-0.39, 0.29) is 0 Å². The van der Waals surface area contributed by atoms with Gasteiger partial charge in [-0.25, -0.2) is 0 Å². The van der Waals surface area contributed by atoms with Gasteiger partial charge in [-0.3, -0.25) is 0 Å². The molecule has 0 spiro atoms. The van der Waals surface area contributed by atoms with Gasteiger partial charge in [0.05, 0.1) is 0 Å². The summed E-state index contributed by atoms with van der Waals surface area (Å²) in [5, 5.41) is 3.71. The second kappa shape index (κ2) is 4.69. The van der Waals surface area contributed by atoms with Gasteiger partial charge in [0.15, 0.2) is 0 Å². The van der Waals surface area contributed by atoms with Crippen LogP contribution >= 0.6 is 0 Å². The minimum Gasteiger partial charge on any atom is -0.382 e. The summed E-state index contributed by atoms with van der Waals surface area (Å²) in [6.07, 6.45) is 5.19. The van der Waals surface area contributed by atoms with Crippen LogP contribution in [-0.4, -0.2) is 6.04 Å². The lowest BCUT2D eigenvalue weighted by Crippen LogP contribution is -2.21.